The SMILES string of the molecule is CCCCCCCCCCCCSSSCC(O)CC. The fraction of sp³-hybridized carbons (Fsp3) is 1.00. The molecular formula is C16H34OS3. The molecule has 20 heavy (non-hydrogen) atoms. The average molecular weight is 339 g/mol. The molecule has 0 saturated carbocycles. The highest BCUT2D eigenvalue weighted by Crippen LogP contribution is 2.35. The fourth-order valence-electron chi connectivity index (χ4n) is 1.94. The largest absolute Gasteiger partial charge is 0.392 e. The molecule has 0 saturated heterocycles. The van der Waals surface area contributed by atoms with Crippen LogP contribution in [-0.2, 0) is 0 Å². The van der Waals surface area contributed by atoms with Gasteiger partial charge in [-0.3, -0.25) is 0 Å². The van der Waals surface area contributed by atoms with Gasteiger partial charge in [-0.25, -0.2) is 0 Å². The van der Waals surface area contributed by atoms with Crippen LogP contribution in [0.3, 0.4) is 0 Å². The lowest BCUT2D eigenvalue weighted by atomic mass is 10.1. The Morgan fingerprint density at radius 3 is 1.85 bits per heavy atom. The van der Waals surface area contributed by atoms with Crippen molar-refractivity contribution in [2.75, 3.05) is 11.5 Å². The van der Waals surface area contributed by atoms with Crippen molar-refractivity contribution < 1.29 is 5.11 Å². The maximum atomic E-state index is 9.41. The molecule has 0 aliphatic rings. The Morgan fingerprint density at radius 2 is 1.30 bits per heavy atom. The summed E-state index contributed by atoms with van der Waals surface area (Å²) in [5, 5.41) is 9.41. The van der Waals surface area contributed by atoms with Gasteiger partial charge in [0.05, 0.1) is 6.10 Å². The standard InChI is InChI=1S/C16H34OS3/c1-3-5-6-7-8-9-10-11-12-13-14-18-20-19-15-16(17)4-2/h16-17H,3-15H2,1-2H3. The molecule has 0 amide bonds. The first kappa shape index (κ1) is 21.0. The third kappa shape index (κ3) is 17.1. The second-order valence-electron chi connectivity index (χ2n) is 5.42. The maximum absolute atomic E-state index is 9.41. The zero-order valence-corrected chi connectivity index (χ0v) is 15.9. The van der Waals surface area contributed by atoms with Gasteiger partial charge in [-0.05, 0) is 22.7 Å². The molecule has 1 unspecified atom stereocenters. The number of hydrogen-bond acceptors (Lipinski definition) is 4. The highest BCUT2D eigenvalue weighted by molar-refractivity contribution is 9.09. The van der Waals surface area contributed by atoms with Crippen LogP contribution in [0.5, 0.6) is 0 Å². The molecule has 0 heterocycles. The summed E-state index contributed by atoms with van der Waals surface area (Å²) in [6.45, 7) is 4.31. The summed E-state index contributed by atoms with van der Waals surface area (Å²) in [6.07, 6.45) is 14.9. The molecule has 0 bridgehead atoms. The van der Waals surface area contributed by atoms with Crippen LogP contribution in [0.2, 0.25) is 0 Å². The van der Waals surface area contributed by atoms with E-state index in [2.05, 4.69) is 6.92 Å². The molecule has 0 aromatic carbocycles. The molecule has 1 atom stereocenters. The number of unbranched alkanes of at least 4 members (excludes halogenated alkanes) is 9. The minimum Gasteiger partial charge on any atom is -0.392 e. The van der Waals surface area contributed by atoms with Gasteiger partial charge in [0.15, 0.2) is 0 Å². The summed E-state index contributed by atoms with van der Waals surface area (Å²) >= 11 is 0. The van der Waals surface area contributed by atoms with Gasteiger partial charge >= 0.3 is 0 Å². The molecule has 0 aliphatic carbocycles. The van der Waals surface area contributed by atoms with E-state index in [4.69, 9.17) is 0 Å². The summed E-state index contributed by atoms with van der Waals surface area (Å²) in [4.78, 5) is 0. The molecule has 4 heteroatoms. The molecule has 0 fully saturated rings. The van der Waals surface area contributed by atoms with Gasteiger partial charge in [0.25, 0.3) is 0 Å². The topological polar surface area (TPSA) is 20.2 Å². The third-order valence-corrected chi connectivity index (χ3v) is 7.80. The number of aliphatic hydroxyl groups is 1. The highest BCUT2D eigenvalue weighted by atomic mass is 33.5. The van der Waals surface area contributed by atoms with Crippen molar-refractivity contribution in [1.29, 1.82) is 0 Å². The summed E-state index contributed by atoms with van der Waals surface area (Å²) < 4.78 is 0. The first-order chi connectivity index (χ1) is 9.81. The zero-order valence-electron chi connectivity index (χ0n) is 13.4. The molecule has 1 nitrogen and oxygen atoms in total. The van der Waals surface area contributed by atoms with Gasteiger partial charge in [0.2, 0.25) is 0 Å². The van der Waals surface area contributed by atoms with E-state index >= 15 is 0 Å². The lowest BCUT2D eigenvalue weighted by molar-refractivity contribution is 0.195. The van der Waals surface area contributed by atoms with Gasteiger partial charge in [0, 0.05) is 11.5 Å². The zero-order chi connectivity index (χ0) is 14.9. The van der Waals surface area contributed by atoms with Crippen LogP contribution < -0.4 is 0 Å². The Labute approximate surface area is 138 Å². The molecule has 0 aliphatic heterocycles. The van der Waals surface area contributed by atoms with Crippen LogP contribution in [0, 0.1) is 0 Å². The fourth-order valence-corrected chi connectivity index (χ4v) is 5.97. The second-order valence-corrected chi connectivity index (χ2v) is 9.81. The van der Waals surface area contributed by atoms with Crippen LogP contribution in [0.1, 0.15) is 84.5 Å². The van der Waals surface area contributed by atoms with Gasteiger partial charge in [0.1, 0.15) is 0 Å². The number of aliphatic hydroxyl groups excluding tert-OH is 1. The monoisotopic (exact) mass is 338 g/mol. The predicted octanol–water partition coefficient (Wildman–Crippen LogP) is 6.71. The van der Waals surface area contributed by atoms with E-state index in [9.17, 15) is 5.11 Å². The van der Waals surface area contributed by atoms with Gasteiger partial charge < -0.3 is 5.11 Å². The van der Waals surface area contributed by atoms with E-state index in [1.807, 2.05) is 27.5 Å². The Balaban J connectivity index is 2.96. The molecular weight excluding hydrogens is 304 g/mol. The van der Waals surface area contributed by atoms with Crippen LogP contribution in [-0.4, -0.2) is 22.7 Å². The van der Waals surface area contributed by atoms with Crippen molar-refractivity contribution in [2.45, 2.75) is 90.6 Å². The minimum atomic E-state index is -0.120. The smallest absolute Gasteiger partial charge is 0.0636 e. The van der Waals surface area contributed by atoms with Crippen LogP contribution in [0.4, 0.5) is 0 Å². The molecule has 0 spiro atoms. The van der Waals surface area contributed by atoms with Crippen molar-refractivity contribution in [3.05, 3.63) is 0 Å². The Bertz CT molecular complexity index is 179. The van der Waals surface area contributed by atoms with Crippen molar-refractivity contribution in [3.8, 4) is 0 Å². The van der Waals surface area contributed by atoms with Gasteiger partial charge in [-0.2, -0.15) is 0 Å². The maximum Gasteiger partial charge on any atom is 0.0636 e. The van der Waals surface area contributed by atoms with Crippen LogP contribution >= 0.6 is 31.4 Å². The number of hydrogen-bond donors (Lipinski definition) is 1. The quantitative estimate of drug-likeness (QED) is 0.249. The Hall–Kier alpha value is 1.01. The Kier molecular flexibility index (Phi) is 19.0. The third-order valence-electron chi connectivity index (χ3n) is 3.41. The lowest BCUT2D eigenvalue weighted by Gasteiger charge is -2.05. The van der Waals surface area contributed by atoms with Crippen LogP contribution in [0.25, 0.3) is 0 Å². The van der Waals surface area contributed by atoms with Crippen molar-refractivity contribution in [3.63, 3.8) is 0 Å². The normalized spacial score (nSPS) is 12.8. The molecule has 0 rings (SSSR count). The van der Waals surface area contributed by atoms with E-state index in [0.717, 1.165) is 12.2 Å². The molecule has 0 aromatic heterocycles. The minimum absolute atomic E-state index is 0.120. The Morgan fingerprint density at radius 1 is 0.750 bits per heavy atom. The molecule has 0 aromatic rings. The van der Waals surface area contributed by atoms with Crippen molar-refractivity contribution >= 4 is 31.4 Å². The molecule has 1 N–H and O–H groups in total. The van der Waals surface area contributed by atoms with E-state index in [1.165, 1.54) is 70.0 Å². The summed E-state index contributed by atoms with van der Waals surface area (Å²) in [6, 6.07) is 0. The molecule has 0 radical (unpaired) electrons. The lowest BCUT2D eigenvalue weighted by Crippen LogP contribution is -2.05. The van der Waals surface area contributed by atoms with Gasteiger partial charge in [-0.1, -0.05) is 93.2 Å². The summed E-state index contributed by atoms with van der Waals surface area (Å²) in [5.74, 6) is 2.13. The van der Waals surface area contributed by atoms with Crippen molar-refractivity contribution in [2.24, 2.45) is 0 Å². The van der Waals surface area contributed by atoms with E-state index in [-0.39, 0.29) is 6.10 Å². The predicted molar refractivity (Wildman–Crippen MR) is 101 cm³/mol. The molecule has 122 valence electrons. The van der Waals surface area contributed by atoms with Crippen molar-refractivity contribution in [1.82, 2.24) is 0 Å². The summed E-state index contributed by atoms with van der Waals surface area (Å²) in [7, 11) is 5.60. The van der Waals surface area contributed by atoms with E-state index < -0.39 is 0 Å². The van der Waals surface area contributed by atoms with E-state index in [1.54, 1.807) is 10.8 Å². The average Bonchev–Trinajstić information content (AvgIpc) is 2.47. The first-order valence-electron chi connectivity index (χ1n) is 8.40. The van der Waals surface area contributed by atoms with Crippen LogP contribution in [0.15, 0.2) is 0 Å². The van der Waals surface area contributed by atoms with Gasteiger partial charge in [-0.15, -0.1) is 0 Å². The second kappa shape index (κ2) is 18.1. The first-order valence-corrected chi connectivity index (χ1v) is 12.2. The summed E-state index contributed by atoms with van der Waals surface area (Å²) in [5.41, 5.74) is 0. The highest BCUT2D eigenvalue weighted by Gasteiger charge is 2.00. The van der Waals surface area contributed by atoms with E-state index in [0.29, 0.717) is 0 Å². The number of rotatable bonds is 16.